The third-order valence-corrected chi connectivity index (χ3v) is 4.31. The molecule has 4 heteroatoms. The first-order valence-electron chi connectivity index (χ1n) is 10.8. The summed E-state index contributed by atoms with van der Waals surface area (Å²) in [6, 6.07) is 7.74. The molecule has 160 valence electrons. The third kappa shape index (κ3) is 14.5. The minimum Gasteiger partial charge on any atom is -0.494 e. The van der Waals surface area contributed by atoms with Gasteiger partial charge in [0.05, 0.1) is 6.61 Å². The predicted molar refractivity (Wildman–Crippen MR) is 116 cm³/mol. The van der Waals surface area contributed by atoms with Crippen LogP contribution in [0, 0.1) is 5.92 Å². The van der Waals surface area contributed by atoms with Gasteiger partial charge in [-0.3, -0.25) is 0 Å². The first kappa shape index (κ1) is 24.5. The van der Waals surface area contributed by atoms with Gasteiger partial charge in [0, 0.05) is 26.4 Å². The second kappa shape index (κ2) is 17.6. The summed E-state index contributed by atoms with van der Waals surface area (Å²) in [6.45, 7) is 12.8. The summed E-state index contributed by atoms with van der Waals surface area (Å²) in [7, 11) is 0. The van der Waals surface area contributed by atoms with Gasteiger partial charge >= 0.3 is 0 Å². The molecule has 0 fully saturated rings. The molecular formula is C24H40O4. The molecule has 28 heavy (non-hydrogen) atoms. The van der Waals surface area contributed by atoms with Gasteiger partial charge in [-0.2, -0.15) is 0 Å². The lowest BCUT2D eigenvalue weighted by Crippen LogP contribution is -2.03. The maximum atomic E-state index is 5.76. The van der Waals surface area contributed by atoms with Crippen LogP contribution in [0.4, 0.5) is 0 Å². The van der Waals surface area contributed by atoms with Crippen molar-refractivity contribution in [2.24, 2.45) is 5.92 Å². The molecule has 0 heterocycles. The average molecular weight is 393 g/mol. The van der Waals surface area contributed by atoms with Crippen molar-refractivity contribution in [3.63, 3.8) is 0 Å². The van der Waals surface area contributed by atoms with Gasteiger partial charge in [0.25, 0.3) is 0 Å². The summed E-state index contributed by atoms with van der Waals surface area (Å²) in [5.74, 6) is 2.46. The molecule has 1 aromatic rings. The van der Waals surface area contributed by atoms with Crippen LogP contribution in [0.3, 0.4) is 0 Å². The van der Waals surface area contributed by atoms with Gasteiger partial charge in [-0.25, -0.2) is 0 Å². The first-order chi connectivity index (χ1) is 13.7. The molecule has 0 bridgehead atoms. The van der Waals surface area contributed by atoms with Gasteiger partial charge in [-0.15, -0.1) is 0 Å². The first-order valence-corrected chi connectivity index (χ1v) is 10.8. The summed E-state index contributed by atoms with van der Waals surface area (Å²) in [5.41, 5.74) is 0. The highest BCUT2D eigenvalue weighted by molar-refractivity contribution is 5.31. The fourth-order valence-electron chi connectivity index (χ4n) is 2.57. The highest BCUT2D eigenvalue weighted by Crippen LogP contribution is 2.18. The van der Waals surface area contributed by atoms with Crippen molar-refractivity contribution in [3.8, 4) is 11.5 Å². The molecule has 1 rings (SSSR count). The maximum Gasteiger partial charge on any atom is 0.120 e. The van der Waals surface area contributed by atoms with Gasteiger partial charge in [0.15, 0.2) is 0 Å². The van der Waals surface area contributed by atoms with Gasteiger partial charge in [0.1, 0.15) is 18.1 Å². The molecule has 0 aliphatic heterocycles. The van der Waals surface area contributed by atoms with Crippen molar-refractivity contribution in [1.82, 2.24) is 0 Å². The Kier molecular flexibility index (Phi) is 15.4. The third-order valence-electron chi connectivity index (χ3n) is 4.31. The van der Waals surface area contributed by atoms with Crippen molar-refractivity contribution in [2.45, 2.75) is 58.8 Å². The zero-order chi connectivity index (χ0) is 20.3. The summed E-state index contributed by atoms with van der Waals surface area (Å²) < 4.78 is 22.5. The van der Waals surface area contributed by atoms with Crippen LogP contribution in [0.15, 0.2) is 36.9 Å². The van der Waals surface area contributed by atoms with Crippen LogP contribution in [0.5, 0.6) is 11.5 Å². The number of ether oxygens (including phenoxy) is 4. The number of benzene rings is 1. The van der Waals surface area contributed by atoms with E-state index in [1.807, 2.05) is 24.3 Å². The van der Waals surface area contributed by atoms with Crippen LogP contribution in [0.2, 0.25) is 0 Å². The Morgan fingerprint density at radius 2 is 1.21 bits per heavy atom. The lowest BCUT2D eigenvalue weighted by molar-refractivity contribution is 0.0963. The van der Waals surface area contributed by atoms with Crippen LogP contribution < -0.4 is 9.47 Å². The Morgan fingerprint density at radius 3 is 1.79 bits per heavy atom. The van der Waals surface area contributed by atoms with E-state index in [0.717, 1.165) is 82.6 Å². The minimum absolute atomic E-state index is 0.525. The molecule has 0 aliphatic carbocycles. The molecule has 0 aliphatic rings. The molecule has 0 saturated heterocycles. The smallest absolute Gasteiger partial charge is 0.120 e. The number of rotatable bonds is 19. The Bertz CT molecular complexity index is 470. The van der Waals surface area contributed by atoms with E-state index in [9.17, 15) is 0 Å². The minimum atomic E-state index is 0.525. The molecule has 1 aromatic carbocycles. The lowest BCUT2D eigenvalue weighted by atomic mass is 10.1. The van der Waals surface area contributed by atoms with E-state index in [1.165, 1.54) is 12.8 Å². The van der Waals surface area contributed by atoms with E-state index in [-0.39, 0.29) is 0 Å². The van der Waals surface area contributed by atoms with E-state index in [0.29, 0.717) is 6.61 Å². The lowest BCUT2D eigenvalue weighted by Gasteiger charge is -2.08. The Labute approximate surface area is 172 Å². The zero-order valence-corrected chi connectivity index (χ0v) is 18.0. The Morgan fingerprint density at radius 1 is 0.714 bits per heavy atom. The summed E-state index contributed by atoms with van der Waals surface area (Å²) in [5, 5.41) is 0. The molecule has 0 saturated carbocycles. The summed E-state index contributed by atoms with van der Waals surface area (Å²) in [4.78, 5) is 0. The van der Waals surface area contributed by atoms with Gasteiger partial charge in [0.2, 0.25) is 0 Å². The molecule has 0 atom stereocenters. The van der Waals surface area contributed by atoms with Gasteiger partial charge in [-0.1, -0.05) is 32.9 Å². The predicted octanol–water partition coefficient (Wildman–Crippen LogP) is 6.05. The topological polar surface area (TPSA) is 36.9 Å². The monoisotopic (exact) mass is 392 g/mol. The number of hydrogen-bond donors (Lipinski definition) is 0. The number of hydrogen-bond acceptors (Lipinski definition) is 4. The quantitative estimate of drug-likeness (QED) is 0.212. The SMILES string of the molecule is C=CCOc1ccc(OCCCCCCOCCCCOCCC(C)C)cc1. The molecule has 0 unspecified atom stereocenters. The molecular weight excluding hydrogens is 352 g/mol. The standard InChI is InChI=1S/C24H40O4/c1-4-16-27-23-11-13-24(14-12-23)28-20-8-6-5-7-17-25-18-9-10-19-26-21-15-22(2)3/h4,11-14,22H,1,5-10,15-21H2,2-3H3. The fourth-order valence-corrected chi connectivity index (χ4v) is 2.57. The van der Waals surface area contributed by atoms with E-state index >= 15 is 0 Å². The van der Waals surface area contributed by atoms with E-state index < -0.39 is 0 Å². The van der Waals surface area contributed by atoms with E-state index in [4.69, 9.17) is 18.9 Å². The van der Waals surface area contributed by atoms with Crippen LogP contribution in [-0.2, 0) is 9.47 Å². The second-order valence-corrected chi connectivity index (χ2v) is 7.45. The molecule has 0 amide bonds. The summed E-state index contributed by atoms with van der Waals surface area (Å²) >= 11 is 0. The van der Waals surface area contributed by atoms with Crippen molar-refractivity contribution < 1.29 is 18.9 Å². The highest BCUT2D eigenvalue weighted by Gasteiger charge is 1.97. The molecule has 0 radical (unpaired) electrons. The Balaban J connectivity index is 1.82. The Hall–Kier alpha value is -1.52. The van der Waals surface area contributed by atoms with Crippen LogP contribution in [0.1, 0.15) is 58.8 Å². The largest absolute Gasteiger partial charge is 0.494 e. The highest BCUT2D eigenvalue weighted by atomic mass is 16.5. The van der Waals surface area contributed by atoms with Crippen molar-refractivity contribution in [2.75, 3.05) is 39.6 Å². The fraction of sp³-hybridized carbons (Fsp3) is 0.667. The van der Waals surface area contributed by atoms with Crippen LogP contribution in [0.25, 0.3) is 0 Å². The zero-order valence-electron chi connectivity index (χ0n) is 18.0. The maximum absolute atomic E-state index is 5.76. The molecule has 0 N–H and O–H groups in total. The van der Waals surface area contributed by atoms with Gasteiger partial charge < -0.3 is 18.9 Å². The molecule has 0 spiro atoms. The number of unbranched alkanes of at least 4 members (excludes halogenated alkanes) is 4. The van der Waals surface area contributed by atoms with Gasteiger partial charge in [-0.05, 0) is 68.7 Å². The summed E-state index contributed by atoms with van der Waals surface area (Å²) in [6.07, 6.45) is 9.63. The second-order valence-electron chi connectivity index (χ2n) is 7.45. The van der Waals surface area contributed by atoms with Crippen molar-refractivity contribution >= 4 is 0 Å². The molecule has 0 aromatic heterocycles. The molecule has 4 nitrogen and oxygen atoms in total. The van der Waals surface area contributed by atoms with Crippen molar-refractivity contribution in [1.29, 1.82) is 0 Å². The average Bonchev–Trinajstić information content (AvgIpc) is 2.70. The van der Waals surface area contributed by atoms with E-state index in [2.05, 4.69) is 20.4 Å². The van der Waals surface area contributed by atoms with Crippen LogP contribution >= 0.6 is 0 Å². The van der Waals surface area contributed by atoms with Crippen molar-refractivity contribution in [3.05, 3.63) is 36.9 Å². The van der Waals surface area contributed by atoms with E-state index in [1.54, 1.807) is 6.08 Å². The van der Waals surface area contributed by atoms with Crippen LogP contribution in [-0.4, -0.2) is 39.6 Å². The normalized spacial score (nSPS) is 11.0.